The Labute approximate surface area is 246 Å². The van der Waals surface area contributed by atoms with Crippen LogP contribution in [0.3, 0.4) is 0 Å². The Morgan fingerprint density at radius 3 is 2.62 bits per heavy atom. The van der Waals surface area contributed by atoms with Crippen LogP contribution in [0.1, 0.15) is 34.9 Å². The van der Waals surface area contributed by atoms with Crippen molar-refractivity contribution in [1.82, 2.24) is 4.57 Å². The third kappa shape index (κ3) is 4.36. The summed E-state index contributed by atoms with van der Waals surface area (Å²) in [4.78, 5) is 19.7. The summed E-state index contributed by atoms with van der Waals surface area (Å²) in [5.41, 5.74) is 6.31. The first-order chi connectivity index (χ1) is 19.0. The minimum absolute atomic E-state index is 0.0837. The Bertz CT molecular complexity index is 1990. The Hall–Kier alpha value is -3.16. The van der Waals surface area contributed by atoms with Gasteiger partial charge in [-0.2, -0.15) is 0 Å². The lowest BCUT2D eigenvalue weighted by molar-refractivity contribution is 0.570. The first kappa shape index (κ1) is 24.9. The number of nitrogens with zero attached hydrogens (tertiary/aromatic N) is 2. The quantitative estimate of drug-likeness (QED) is 0.205. The van der Waals surface area contributed by atoms with Gasteiger partial charge < -0.3 is 4.42 Å². The van der Waals surface area contributed by atoms with E-state index >= 15 is 0 Å². The van der Waals surface area contributed by atoms with E-state index < -0.39 is 0 Å². The fourth-order valence-corrected chi connectivity index (χ4v) is 7.11. The topological polar surface area (TPSA) is 47.5 Å². The number of allylic oxidation sites excluding steroid dienone is 1. The van der Waals surface area contributed by atoms with Crippen LogP contribution in [0, 0.1) is 0 Å². The second-order valence-corrected chi connectivity index (χ2v) is 12.3. The van der Waals surface area contributed by atoms with Crippen LogP contribution < -0.4 is 14.9 Å². The number of aromatic nitrogens is 1. The molecular formula is C31H19BrCl2N2O2S. The molecule has 0 N–H and O–H groups in total. The van der Waals surface area contributed by atoms with Crippen molar-refractivity contribution in [2.45, 2.75) is 18.9 Å². The molecule has 1 aliphatic heterocycles. The van der Waals surface area contributed by atoms with Crippen LogP contribution in [0.25, 0.3) is 23.1 Å². The molecule has 0 saturated heterocycles. The number of hydrogen-bond donors (Lipinski definition) is 0. The fraction of sp³-hybridized carbons (Fsp3) is 0.0968. The lowest BCUT2D eigenvalue weighted by atomic mass is 9.83. The highest BCUT2D eigenvalue weighted by Crippen LogP contribution is 2.41. The molecule has 0 saturated carbocycles. The summed E-state index contributed by atoms with van der Waals surface area (Å²) in [5, 5.41) is 1.06. The summed E-state index contributed by atoms with van der Waals surface area (Å²) in [6, 6.07) is 25.4. The molecule has 3 aromatic carbocycles. The van der Waals surface area contributed by atoms with Crippen molar-refractivity contribution in [3.05, 3.63) is 141 Å². The van der Waals surface area contributed by atoms with Crippen LogP contribution >= 0.6 is 50.5 Å². The van der Waals surface area contributed by atoms with Gasteiger partial charge in [0.2, 0.25) is 0 Å². The molecule has 192 valence electrons. The summed E-state index contributed by atoms with van der Waals surface area (Å²) in [6.45, 7) is 0. The second-order valence-electron chi connectivity index (χ2n) is 9.49. The maximum atomic E-state index is 13.9. The van der Waals surface area contributed by atoms with Gasteiger partial charge in [0.05, 0.1) is 21.3 Å². The molecule has 2 aliphatic rings. The number of thiazole rings is 1. The first-order valence-electron chi connectivity index (χ1n) is 12.4. The van der Waals surface area contributed by atoms with Gasteiger partial charge >= 0.3 is 0 Å². The summed E-state index contributed by atoms with van der Waals surface area (Å²) >= 11 is 17.4. The zero-order valence-corrected chi connectivity index (χ0v) is 24.2. The lowest BCUT2D eigenvalue weighted by Crippen LogP contribution is -2.38. The van der Waals surface area contributed by atoms with E-state index in [1.54, 1.807) is 18.2 Å². The van der Waals surface area contributed by atoms with E-state index in [9.17, 15) is 4.79 Å². The Balaban J connectivity index is 1.39. The van der Waals surface area contributed by atoms with E-state index in [0.29, 0.717) is 30.9 Å². The number of hydrogen-bond acceptors (Lipinski definition) is 4. The zero-order valence-electron chi connectivity index (χ0n) is 20.3. The van der Waals surface area contributed by atoms with E-state index in [-0.39, 0.29) is 11.6 Å². The summed E-state index contributed by atoms with van der Waals surface area (Å²) in [7, 11) is 0. The molecule has 8 heteroatoms. The van der Waals surface area contributed by atoms with Crippen LogP contribution in [0.15, 0.2) is 103 Å². The zero-order chi connectivity index (χ0) is 26.7. The number of benzene rings is 3. The lowest BCUT2D eigenvalue weighted by Gasteiger charge is -2.30. The second kappa shape index (κ2) is 9.79. The molecule has 0 unspecified atom stereocenters. The third-order valence-corrected chi connectivity index (χ3v) is 9.21. The minimum atomic E-state index is -0.222. The van der Waals surface area contributed by atoms with E-state index in [1.807, 2.05) is 34.9 Å². The van der Waals surface area contributed by atoms with Gasteiger partial charge in [-0.1, -0.05) is 86.9 Å². The van der Waals surface area contributed by atoms with Crippen molar-refractivity contribution in [2.24, 2.45) is 4.99 Å². The maximum absolute atomic E-state index is 13.9. The van der Waals surface area contributed by atoms with Crippen LogP contribution in [0.5, 0.6) is 0 Å². The highest BCUT2D eigenvalue weighted by Gasteiger charge is 2.32. The summed E-state index contributed by atoms with van der Waals surface area (Å²) in [5.74, 6) is 1.17. The summed E-state index contributed by atoms with van der Waals surface area (Å²) < 4.78 is 9.47. The van der Waals surface area contributed by atoms with Crippen LogP contribution in [0.2, 0.25) is 10.0 Å². The molecule has 1 atom stereocenters. The summed E-state index contributed by atoms with van der Waals surface area (Å²) in [6.07, 6.45) is 3.56. The SMILES string of the molecule is O=c1/c(=C\c2ccc(-c3ccc(Cl)cc3Cl)o2)sc2n1[C@@H](c1ccc(Br)cc1)C1=C(N=2)c2ccccc2CC1. The van der Waals surface area contributed by atoms with Crippen molar-refractivity contribution in [2.75, 3.05) is 0 Å². The normalized spacial score (nSPS) is 16.5. The van der Waals surface area contributed by atoms with E-state index in [1.165, 1.54) is 22.5 Å². The molecule has 2 aromatic heterocycles. The molecule has 1 aliphatic carbocycles. The first-order valence-corrected chi connectivity index (χ1v) is 14.8. The Morgan fingerprint density at radius 2 is 1.79 bits per heavy atom. The number of rotatable bonds is 3. The van der Waals surface area contributed by atoms with Gasteiger partial charge in [-0.15, -0.1) is 0 Å². The smallest absolute Gasteiger partial charge is 0.271 e. The highest BCUT2D eigenvalue weighted by atomic mass is 79.9. The Morgan fingerprint density at radius 1 is 0.974 bits per heavy atom. The molecule has 39 heavy (non-hydrogen) atoms. The fourth-order valence-electron chi connectivity index (χ4n) is 5.36. The molecule has 0 amide bonds. The average molecular weight is 634 g/mol. The maximum Gasteiger partial charge on any atom is 0.271 e. The van der Waals surface area contributed by atoms with Gasteiger partial charge in [0, 0.05) is 26.7 Å². The average Bonchev–Trinajstić information content (AvgIpc) is 3.52. The number of furan rings is 1. The monoisotopic (exact) mass is 632 g/mol. The largest absolute Gasteiger partial charge is 0.457 e. The predicted octanol–water partition coefficient (Wildman–Crippen LogP) is 7.65. The van der Waals surface area contributed by atoms with Crippen molar-refractivity contribution < 1.29 is 4.42 Å². The van der Waals surface area contributed by atoms with Crippen molar-refractivity contribution in [1.29, 1.82) is 0 Å². The molecule has 4 nitrogen and oxygen atoms in total. The molecule has 7 rings (SSSR count). The standard InChI is InChI=1S/C31H19BrCl2N2O2S/c32-19-8-5-18(6-9-19)29-24-12-7-17-3-1-2-4-22(17)28(24)35-31-36(29)30(37)27(39-31)16-21-11-14-26(38-21)23-13-10-20(33)15-25(23)34/h1-6,8-11,13-16,29H,7,12H2/b27-16+/t29-/m0/s1. The van der Waals surface area contributed by atoms with Crippen molar-refractivity contribution >= 4 is 62.2 Å². The molecule has 0 radical (unpaired) electrons. The van der Waals surface area contributed by atoms with Crippen LogP contribution in [0.4, 0.5) is 0 Å². The van der Waals surface area contributed by atoms with Gasteiger partial charge in [-0.05, 0) is 72.0 Å². The van der Waals surface area contributed by atoms with Crippen molar-refractivity contribution in [3.63, 3.8) is 0 Å². The van der Waals surface area contributed by atoms with Crippen molar-refractivity contribution in [3.8, 4) is 11.3 Å². The van der Waals surface area contributed by atoms with E-state index in [4.69, 9.17) is 32.6 Å². The van der Waals surface area contributed by atoms with Gasteiger partial charge in [0.25, 0.3) is 5.56 Å². The van der Waals surface area contributed by atoms with Crippen LogP contribution in [-0.2, 0) is 6.42 Å². The van der Waals surface area contributed by atoms with Gasteiger partial charge in [-0.3, -0.25) is 9.36 Å². The van der Waals surface area contributed by atoms with Crippen LogP contribution in [-0.4, -0.2) is 4.57 Å². The molecule has 0 fully saturated rings. The van der Waals surface area contributed by atoms with E-state index in [0.717, 1.165) is 39.7 Å². The molecule has 5 aromatic rings. The molecule has 0 spiro atoms. The highest BCUT2D eigenvalue weighted by molar-refractivity contribution is 9.10. The third-order valence-electron chi connectivity index (χ3n) is 7.16. The minimum Gasteiger partial charge on any atom is -0.457 e. The number of fused-ring (bicyclic) bond motifs is 3. The molecular weight excluding hydrogens is 615 g/mol. The molecule has 3 heterocycles. The predicted molar refractivity (Wildman–Crippen MR) is 161 cm³/mol. The molecule has 0 bridgehead atoms. The number of halogens is 3. The van der Waals surface area contributed by atoms with Gasteiger partial charge in [-0.25, -0.2) is 4.99 Å². The number of aryl methyl sites for hydroxylation is 1. The van der Waals surface area contributed by atoms with E-state index in [2.05, 4.69) is 52.3 Å². The van der Waals surface area contributed by atoms with Gasteiger partial charge in [0.1, 0.15) is 11.5 Å². The van der Waals surface area contributed by atoms with Gasteiger partial charge in [0.15, 0.2) is 4.80 Å². The Kier molecular flexibility index (Phi) is 6.24.